The Bertz CT molecular complexity index is 682. The van der Waals surface area contributed by atoms with Crippen molar-refractivity contribution < 1.29 is 4.39 Å². The molecule has 0 spiro atoms. The number of benzene rings is 1. The molecular weight excluding hydrogens is 303 g/mol. The molecule has 0 radical (unpaired) electrons. The Morgan fingerprint density at radius 3 is 2.83 bits per heavy atom. The minimum Gasteiger partial charge on any atom is -0.334 e. The molecule has 0 saturated carbocycles. The summed E-state index contributed by atoms with van der Waals surface area (Å²) in [6.07, 6.45) is 4.32. The van der Waals surface area contributed by atoms with Crippen LogP contribution in [0.2, 0.25) is 0 Å². The van der Waals surface area contributed by atoms with Crippen LogP contribution in [0.5, 0.6) is 0 Å². The molecule has 24 heavy (non-hydrogen) atoms. The van der Waals surface area contributed by atoms with Crippen molar-refractivity contribution in [2.75, 3.05) is 20.1 Å². The number of halogens is 1. The van der Waals surface area contributed by atoms with E-state index in [1.165, 1.54) is 12.1 Å². The number of imidazole rings is 1. The van der Waals surface area contributed by atoms with Crippen LogP contribution in [0.15, 0.2) is 30.5 Å². The number of aryl methyl sites for hydroxylation is 1. The first-order valence-corrected chi connectivity index (χ1v) is 8.68. The fraction of sp³-hybridized carbons (Fsp3) is 0.526. The van der Waals surface area contributed by atoms with Gasteiger partial charge in [0.15, 0.2) is 0 Å². The van der Waals surface area contributed by atoms with E-state index in [-0.39, 0.29) is 5.82 Å². The lowest BCUT2D eigenvalue weighted by atomic mass is 10.0. The summed E-state index contributed by atoms with van der Waals surface area (Å²) in [6, 6.07) is 7.60. The topological polar surface area (TPSA) is 24.3 Å². The first kappa shape index (κ1) is 17.1. The highest BCUT2D eigenvalue weighted by molar-refractivity contribution is 5.17. The third-order valence-corrected chi connectivity index (χ3v) is 5.18. The van der Waals surface area contributed by atoms with Gasteiger partial charge in [-0.05, 0) is 39.4 Å². The standard InChI is InChI=1S/C19H27FN4/c1-15-21-11-18(23(15)3)13-22(2)17-8-6-10-24(14-17)12-16-7-4-5-9-19(16)20/h4-5,7,9,11,17H,6,8,10,12-14H2,1-3H3. The number of likely N-dealkylation sites (N-methyl/N-ethyl adjacent to an activating group) is 1. The van der Waals surface area contributed by atoms with E-state index in [1.54, 1.807) is 12.1 Å². The normalized spacial score (nSPS) is 19.1. The first-order valence-electron chi connectivity index (χ1n) is 8.68. The van der Waals surface area contributed by atoms with E-state index in [0.29, 0.717) is 12.6 Å². The minimum absolute atomic E-state index is 0.0988. The van der Waals surface area contributed by atoms with E-state index < -0.39 is 0 Å². The molecule has 2 aromatic rings. The summed E-state index contributed by atoms with van der Waals surface area (Å²) in [7, 11) is 4.25. The zero-order valence-electron chi connectivity index (χ0n) is 14.9. The zero-order valence-corrected chi connectivity index (χ0v) is 14.9. The first-order chi connectivity index (χ1) is 11.5. The Morgan fingerprint density at radius 1 is 1.33 bits per heavy atom. The van der Waals surface area contributed by atoms with Crippen molar-refractivity contribution >= 4 is 0 Å². The molecule has 1 fully saturated rings. The second-order valence-corrected chi connectivity index (χ2v) is 6.89. The SMILES string of the molecule is Cc1ncc(CN(C)C2CCCN(Cc3ccccc3F)C2)n1C. The van der Waals surface area contributed by atoms with E-state index in [4.69, 9.17) is 0 Å². The predicted octanol–water partition coefficient (Wildman–Crippen LogP) is 2.96. The van der Waals surface area contributed by atoms with Crippen LogP contribution in [-0.2, 0) is 20.1 Å². The molecule has 1 aromatic heterocycles. The molecule has 1 unspecified atom stereocenters. The van der Waals surface area contributed by atoms with Gasteiger partial charge in [0, 0.05) is 44.5 Å². The Morgan fingerprint density at radius 2 is 2.12 bits per heavy atom. The van der Waals surface area contributed by atoms with Gasteiger partial charge in [0.05, 0.1) is 5.69 Å². The fourth-order valence-electron chi connectivity index (χ4n) is 3.48. The van der Waals surface area contributed by atoms with Crippen molar-refractivity contribution in [3.63, 3.8) is 0 Å². The summed E-state index contributed by atoms with van der Waals surface area (Å²) < 4.78 is 16.0. The van der Waals surface area contributed by atoms with Gasteiger partial charge >= 0.3 is 0 Å². The van der Waals surface area contributed by atoms with Gasteiger partial charge in [0.2, 0.25) is 0 Å². The van der Waals surface area contributed by atoms with Crippen molar-refractivity contribution in [3.8, 4) is 0 Å². The average Bonchev–Trinajstić information content (AvgIpc) is 2.89. The molecule has 1 saturated heterocycles. The average molecular weight is 330 g/mol. The van der Waals surface area contributed by atoms with Crippen molar-refractivity contribution in [3.05, 3.63) is 53.4 Å². The highest BCUT2D eigenvalue weighted by atomic mass is 19.1. The number of likely N-dealkylation sites (tertiary alicyclic amines) is 1. The molecule has 1 aliphatic rings. The number of hydrogen-bond acceptors (Lipinski definition) is 3. The van der Waals surface area contributed by atoms with Gasteiger partial charge in [-0.15, -0.1) is 0 Å². The molecule has 4 nitrogen and oxygen atoms in total. The third kappa shape index (κ3) is 3.84. The number of hydrogen-bond donors (Lipinski definition) is 0. The largest absolute Gasteiger partial charge is 0.334 e. The Balaban J connectivity index is 1.60. The number of nitrogens with zero attached hydrogens (tertiary/aromatic N) is 4. The second kappa shape index (κ2) is 7.45. The maximum Gasteiger partial charge on any atom is 0.127 e. The van der Waals surface area contributed by atoms with Crippen LogP contribution in [-0.4, -0.2) is 45.5 Å². The zero-order chi connectivity index (χ0) is 17.1. The van der Waals surface area contributed by atoms with E-state index in [2.05, 4.69) is 33.4 Å². The molecule has 130 valence electrons. The van der Waals surface area contributed by atoms with Crippen LogP contribution in [0.1, 0.15) is 29.9 Å². The molecule has 1 aliphatic heterocycles. The van der Waals surface area contributed by atoms with Gasteiger partial charge in [-0.2, -0.15) is 0 Å². The minimum atomic E-state index is -0.0988. The van der Waals surface area contributed by atoms with Crippen LogP contribution in [0.4, 0.5) is 4.39 Å². The van der Waals surface area contributed by atoms with Crippen LogP contribution in [0.25, 0.3) is 0 Å². The molecule has 2 heterocycles. The van der Waals surface area contributed by atoms with Crippen molar-refractivity contribution in [2.24, 2.45) is 7.05 Å². The number of rotatable bonds is 5. The monoisotopic (exact) mass is 330 g/mol. The summed E-state index contributed by atoms with van der Waals surface area (Å²) in [5.74, 6) is 0.946. The van der Waals surface area contributed by atoms with Gasteiger partial charge in [0.1, 0.15) is 11.6 Å². The van der Waals surface area contributed by atoms with Gasteiger partial charge in [-0.3, -0.25) is 9.80 Å². The Labute approximate surface area is 143 Å². The fourth-order valence-corrected chi connectivity index (χ4v) is 3.48. The van der Waals surface area contributed by atoms with Crippen LogP contribution in [0, 0.1) is 12.7 Å². The van der Waals surface area contributed by atoms with E-state index in [0.717, 1.165) is 37.4 Å². The van der Waals surface area contributed by atoms with E-state index >= 15 is 0 Å². The molecule has 0 aliphatic carbocycles. The Hall–Kier alpha value is -1.72. The highest BCUT2D eigenvalue weighted by Crippen LogP contribution is 2.20. The summed E-state index contributed by atoms with van der Waals surface area (Å²) in [5, 5.41) is 0. The molecule has 1 atom stereocenters. The number of piperidine rings is 1. The lowest BCUT2D eigenvalue weighted by molar-refractivity contribution is 0.105. The summed E-state index contributed by atoms with van der Waals surface area (Å²) in [6.45, 7) is 5.66. The molecule has 0 amide bonds. The summed E-state index contributed by atoms with van der Waals surface area (Å²) >= 11 is 0. The lowest BCUT2D eigenvalue weighted by Crippen LogP contribution is -2.46. The van der Waals surface area contributed by atoms with Crippen LogP contribution < -0.4 is 0 Å². The van der Waals surface area contributed by atoms with Gasteiger partial charge < -0.3 is 4.57 Å². The van der Waals surface area contributed by atoms with E-state index in [1.807, 2.05) is 25.3 Å². The smallest absolute Gasteiger partial charge is 0.127 e. The van der Waals surface area contributed by atoms with Crippen molar-refractivity contribution in [2.45, 2.75) is 38.9 Å². The maximum absolute atomic E-state index is 13.9. The molecule has 0 N–H and O–H groups in total. The molecular formula is C19H27FN4. The Kier molecular flexibility index (Phi) is 5.31. The number of aromatic nitrogens is 2. The quantitative estimate of drug-likeness (QED) is 0.842. The van der Waals surface area contributed by atoms with Crippen LogP contribution >= 0.6 is 0 Å². The molecule has 1 aromatic carbocycles. The van der Waals surface area contributed by atoms with Gasteiger partial charge in [-0.25, -0.2) is 9.37 Å². The summed E-state index contributed by atoms with van der Waals surface area (Å²) in [4.78, 5) is 9.16. The molecule has 0 bridgehead atoms. The molecule has 3 rings (SSSR count). The lowest BCUT2D eigenvalue weighted by Gasteiger charge is -2.37. The van der Waals surface area contributed by atoms with Crippen molar-refractivity contribution in [1.82, 2.24) is 19.4 Å². The van der Waals surface area contributed by atoms with Crippen molar-refractivity contribution in [1.29, 1.82) is 0 Å². The van der Waals surface area contributed by atoms with Gasteiger partial charge in [0.25, 0.3) is 0 Å². The third-order valence-electron chi connectivity index (χ3n) is 5.18. The highest BCUT2D eigenvalue weighted by Gasteiger charge is 2.24. The summed E-state index contributed by atoms with van der Waals surface area (Å²) in [5.41, 5.74) is 2.03. The second-order valence-electron chi connectivity index (χ2n) is 6.89. The molecule has 5 heteroatoms. The van der Waals surface area contributed by atoms with Crippen LogP contribution in [0.3, 0.4) is 0 Å². The maximum atomic E-state index is 13.9. The van der Waals surface area contributed by atoms with E-state index in [9.17, 15) is 4.39 Å². The predicted molar refractivity (Wildman–Crippen MR) is 94.1 cm³/mol. The van der Waals surface area contributed by atoms with Gasteiger partial charge in [-0.1, -0.05) is 18.2 Å².